The van der Waals surface area contributed by atoms with Gasteiger partial charge < -0.3 is 14.8 Å². The summed E-state index contributed by atoms with van der Waals surface area (Å²) in [5, 5.41) is 3.47. The number of hydrogen-bond donors (Lipinski definition) is 2. The first-order chi connectivity index (χ1) is 16.0. The van der Waals surface area contributed by atoms with E-state index < -0.39 is 23.4 Å². The lowest BCUT2D eigenvalue weighted by atomic mass is 9.92. The largest absolute Gasteiger partial charge is 0.486 e. The highest BCUT2D eigenvalue weighted by Crippen LogP contribution is 2.38. The summed E-state index contributed by atoms with van der Waals surface area (Å²) in [6, 6.07) is 14.2. The van der Waals surface area contributed by atoms with Gasteiger partial charge in [-0.25, -0.2) is 4.79 Å². The van der Waals surface area contributed by atoms with Gasteiger partial charge in [0, 0.05) is 6.04 Å². The Bertz CT molecular complexity index is 1090. The number of rotatable bonds is 5. The van der Waals surface area contributed by atoms with Crippen LogP contribution in [0.5, 0.6) is 11.5 Å². The molecule has 9 nitrogen and oxygen atoms in total. The van der Waals surface area contributed by atoms with E-state index in [0.717, 1.165) is 41.5 Å². The molecule has 2 N–H and O–H groups in total. The first-order valence-electron chi connectivity index (χ1n) is 11.1. The number of fused-ring (bicyclic) bond motifs is 1. The molecule has 3 aliphatic heterocycles. The van der Waals surface area contributed by atoms with E-state index in [1.807, 2.05) is 24.3 Å². The number of carbonyl (C=O) groups is 3. The minimum atomic E-state index is -1.23. The van der Waals surface area contributed by atoms with Crippen molar-refractivity contribution in [3.05, 3.63) is 59.7 Å². The van der Waals surface area contributed by atoms with Gasteiger partial charge in [0.1, 0.15) is 18.8 Å². The number of hydrazine groups is 1. The molecule has 33 heavy (non-hydrogen) atoms. The molecule has 2 saturated heterocycles. The van der Waals surface area contributed by atoms with Gasteiger partial charge >= 0.3 is 6.03 Å². The Labute approximate surface area is 191 Å². The van der Waals surface area contributed by atoms with Crippen LogP contribution in [-0.4, -0.2) is 54.1 Å². The average molecular weight is 450 g/mol. The fourth-order valence-corrected chi connectivity index (χ4v) is 4.71. The third kappa shape index (κ3) is 3.89. The van der Waals surface area contributed by atoms with Gasteiger partial charge in [-0.05, 0) is 49.6 Å². The van der Waals surface area contributed by atoms with Crippen molar-refractivity contribution in [2.75, 3.05) is 26.3 Å². The van der Waals surface area contributed by atoms with Crippen molar-refractivity contribution >= 4 is 17.8 Å². The number of likely N-dealkylation sites (tertiary alicyclic amines) is 1. The SMILES string of the molecule is CC1(c2ccccc2)NC(=O)N(NC(=O)CN2CCCC2c2ccc3c(c2)OCCO3)C1=O. The van der Waals surface area contributed by atoms with Gasteiger partial charge in [0.05, 0.1) is 6.54 Å². The van der Waals surface area contributed by atoms with Crippen LogP contribution in [-0.2, 0) is 15.1 Å². The summed E-state index contributed by atoms with van der Waals surface area (Å²) in [4.78, 5) is 40.4. The maximum absolute atomic E-state index is 13.0. The Morgan fingerprint density at radius 3 is 2.67 bits per heavy atom. The summed E-state index contributed by atoms with van der Waals surface area (Å²) in [7, 11) is 0. The fraction of sp³-hybridized carbons (Fsp3) is 0.375. The van der Waals surface area contributed by atoms with E-state index in [-0.39, 0.29) is 12.6 Å². The maximum atomic E-state index is 13.0. The molecule has 0 radical (unpaired) electrons. The van der Waals surface area contributed by atoms with Crippen molar-refractivity contribution in [3.8, 4) is 11.5 Å². The van der Waals surface area contributed by atoms with Crippen molar-refractivity contribution in [1.29, 1.82) is 0 Å². The number of hydrogen-bond acceptors (Lipinski definition) is 6. The molecular weight excluding hydrogens is 424 g/mol. The molecule has 0 bridgehead atoms. The molecule has 3 heterocycles. The molecule has 9 heteroatoms. The van der Waals surface area contributed by atoms with Gasteiger partial charge in [-0.15, -0.1) is 0 Å². The molecule has 0 aliphatic carbocycles. The molecule has 172 valence electrons. The molecule has 0 saturated carbocycles. The summed E-state index contributed by atoms with van der Waals surface area (Å²) in [6.07, 6.45) is 1.85. The van der Waals surface area contributed by atoms with E-state index >= 15 is 0 Å². The second-order valence-electron chi connectivity index (χ2n) is 8.63. The molecule has 3 aliphatic rings. The second-order valence-corrected chi connectivity index (χ2v) is 8.63. The summed E-state index contributed by atoms with van der Waals surface area (Å²) in [5.74, 6) is 0.513. The number of benzene rings is 2. The number of urea groups is 1. The number of amides is 4. The molecule has 0 spiro atoms. The predicted octanol–water partition coefficient (Wildman–Crippen LogP) is 2.09. The minimum Gasteiger partial charge on any atom is -0.486 e. The Morgan fingerprint density at radius 1 is 1.12 bits per heavy atom. The predicted molar refractivity (Wildman–Crippen MR) is 118 cm³/mol. The first kappa shape index (κ1) is 21.3. The van der Waals surface area contributed by atoms with Crippen LogP contribution in [0.15, 0.2) is 48.5 Å². The van der Waals surface area contributed by atoms with Gasteiger partial charge in [-0.1, -0.05) is 36.4 Å². The van der Waals surface area contributed by atoms with E-state index in [9.17, 15) is 14.4 Å². The van der Waals surface area contributed by atoms with Crippen LogP contribution >= 0.6 is 0 Å². The number of nitrogens with one attached hydrogen (secondary N) is 2. The van der Waals surface area contributed by atoms with Crippen LogP contribution in [0.4, 0.5) is 4.79 Å². The Balaban J connectivity index is 1.26. The zero-order chi connectivity index (χ0) is 23.0. The monoisotopic (exact) mass is 450 g/mol. The van der Waals surface area contributed by atoms with Crippen LogP contribution in [0.1, 0.15) is 36.9 Å². The third-order valence-corrected chi connectivity index (χ3v) is 6.44. The third-order valence-electron chi connectivity index (χ3n) is 6.44. The summed E-state index contributed by atoms with van der Waals surface area (Å²) >= 11 is 0. The smallest absolute Gasteiger partial charge is 0.344 e. The van der Waals surface area contributed by atoms with Gasteiger partial charge in [0.2, 0.25) is 0 Å². The first-order valence-corrected chi connectivity index (χ1v) is 11.1. The summed E-state index contributed by atoms with van der Waals surface area (Å²) in [6.45, 7) is 3.50. The van der Waals surface area contributed by atoms with Crippen LogP contribution in [0.2, 0.25) is 0 Å². The number of nitrogens with zero attached hydrogens (tertiary/aromatic N) is 2. The normalized spacial score (nSPS) is 24.6. The summed E-state index contributed by atoms with van der Waals surface area (Å²) < 4.78 is 11.3. The summed E-state index contributed by atoms with van der Waals surface area (Å²) in [5.41, 5.74) is 2.97. The highest BCUT2D eigenvalue weighted by Gasteiger charge is 2.50. The highest BCUT2D eigenvalue weighted by atomic mass is 16.6. The molecule has 2 atom stereocenters. The van der Waals surface area contributed by atoms with Crippen molar-refractivity contribution in [1.82, 2.24) is 20.7 Å². The Hall–Kier alpha value is -3.59. The number of imide groups is 1. The molecule has 2 aromatic rings. The Kier molecular flexibility index (Phi) is 5.41. The maximum Gasteiger partial charge on any atom is 0.344 e. The van der Waals surface area contributed by atoms with E-state index in [4.69, 9.17) is 9.47 Å². The molecule has 2 fully saturated rings. The second kappa shape index (κ2) is 8.40. The zero-order valence-electron chi connectivity index (χ0n) is 18.4. The number of carbonyl (C=O) groups excluding carboxylic acids is 3. The van der Waals surface area contributed by atoms with Crippen molar-refractivity contribution < 1.29 is 23.9 Å². The van der Waals surface area contributed by atoms with E-state index in [2.05, 4.69) is 15.6 Å². The molecule has 2 aromatic carbocycles. The van der Waals surface area contributed by atoms with Crippen molar-refractivity contribution in [2.24, 2.45) is 0 Å². The topological polar surface area (TPSA) is 100 Å². The van der Waals surface area contributed by atoms with Crippen LogP contribution < -0.4 is 20.2 Å². The standard InChI is InChI=1S/C24H26N4O5/c1-24(17-6-3-2-4-7-17)22(30)28(23(31)25-24)26-21(29)15-27-11-5-8-18(27)16-9-10-19-20(14-16)33-13-12-32-19/h2-4,6-7,9-10,14,18H,5,8,11-13,15H2,1H3,(H,25,31)(H,26,29). The van der Waals surface area contributed by atoms with Crippen molar-refractivity contribution in [2.45, 2.75) is 31.3 Å². The zero-order valence-corrected chi connectivity index (χ0v) is 18.4. The van der Waals surface area contributed by atoms with Crippen LogP contribution in [0.3, 0.4) is 0 Å². The van der Waals surface area contributed by atoms with Crippen LogP contribution in [0, 0.1) is 0 Å². The highest BCUT2D eigenvalue weighted by molar-refractivity contribution is 6.08. The van der Waals surface area contributed by atoms with Crippen LogP contribution in [0.25, 0.3) is 0 Å². The molecule has 0 aromatic heterocycles. The van der Waals surface area contributed by atoms with E-state index in [1.165, 1.54) is 0 Å². The fourth-order valence-electron chi connectivity index (χ4n) is 4.71. The molecule has 4 amide bonds. The lowest BCUT2D eigenvalue weighted by Gasteiger charge is -2.27. The number of ether oxygens (including phenoxy) is 2. The Morgan fingerprint density at radius 2 is 1.88 bits per heavy atom. The molecule has 5 rings (SSSR count). The minimum absolute atomic E-state index is 0.0456. The van der Waals surface area contributed by atoms with Gasteiger partial charge in [-0.3, -0.25) is 19.9 Å². The lowest BCUT2D eigenvalue weighted by Crippen LogP contribution is -2.50. The molecular formula is C24H26N4O5. The lowest BCUT2D eigenvalue weighted by molar-refractivity contribution is -0.139. The van der Waals surface area contributed by atoms with E-state index in [0.29, 0.717) is 18.8 Å². The quantitative estimate of drug-likeness (QED) is 0.677. The molecule has 2 unspecified atom stereocenters. The average Bonchev–Trinajstić information content (AvgIpc) is 3.37. The van der Waals surface area contributed by atoms with E-state index in [1.54, 1.807) is 31.2 Å². The van der Waals surface area contributed by atoms with Gasteiger partial charge in [0.15, 0.2) is 11.5 Å². The van der Waals surface area contributed by atoms with Crippen molar-refractivity contribution in [3.63, 3.8) is 0 Å². The van der Waals surface area contributed by atoms with Gasteiger partial charge in [0.25, 0.3) is 11.8 Å². The van der Waals surface area contributed by atoms with Gasteiger partial charge in [-0.2, -0.15) is 5.01 Å².